The number of ether oxygens (including phenoxy) is 2. The molecule has 2 unspecified atom stereocenters. The second-order valence-corrected chi connectivity index (χ2v) is 20.1. The molecule has 7 nitrogen and oxygen atoms in total. The highest BCUT2D eigenvalue weighted by molar-refractivity contribution is 5.71. The first kappa shape index (κ1) is 43.3. The molecular formula is C45H71NO6. The molecule has 1 aliphatic rings. The van der Waals surface area contributed by atoms with Crippen molar-refractivity contribution < 1.29 is 29.3 Å². The highest BCUT2D eigenvalue weighted by Gasteiger charge is 2.40. The first-order valence-electron chi connectivity index (χ1n) is 19.4. The zero-order valence-corrected chi connectivity index (χ0v) is 35.5. The van der Waals surface area contributed by atoms with Gasteiger partial charge in [0.15, 0.2) is 0 Å². The number of hydrogen-bond donors (Lipinski definition) is 2. The molecule has 1 saturated heterocycles. The van der Waals surface area contributed by atoms with Crippen molar-refractivity contribution in [1.29, 1.82) is 0 Å². The molecule has 2 aromatic rings. The second-order valence-electron chi connectivity index (χ2n) is 20.1. The molecule has 0 amide bonds. The van der Waals surface area contributed by atoms with E-state index in [1.54, 1.807) is 0 Å². The van der Waals surface area contributed by atoms with Crippen LogP contribution in [-0.2, 0) is 53.6 Å². The van der Waals surface area contributed by atoms with Crippen molar-refractivity contribution in [2.24, 2.45) is 0 Å². The van der Waals surface area contributed by atoms with E-state index >= 15 is 0 Å². The van der Waals surface area contributed by atoms with Gasteiger partial charge in [-0.2, -0.15) is 0 Å². The largest absolute Gasteiger partial charge is 0.507 e. The van der Waals surface area contributed by atoms with E-state index in [-0.39, 0.29) is 64.1 Å². The summed E-state index contributed by atoms with van der Waals surface area (Å²) in [5, 5.41) is 22.4. The lowest BCUT2D eigenvalue weighted by molar-refractivity contribution is -0.157. The van der Waals surface area contributed by atoms with Crippen LogP contribution in [0.25, 0.3) is 0 Å². The lowest BCUT2D eigenvalue weighted by Crippen LogP contribution is -2.57. The van der Waals surface area contributed by atoms with Crippen molar-refractivity contribution in [2.45, 2.75) is 189 Å². The standard InChI is InChI=1S/C45H71NO6/c1-28-23-31(52-38(48)20-18-32-29(2)33(41(3,4)5)26-36(39(32)49)44(12,13)14)27-45(15,16)46(28)21-22-51-37(47)19-17-30-24-34(42(6,7)8)40(50)35(25-30)43(9,10)11/h24-26,28,31,49-50H,17-23,27H2,1-16H3. The van der Waals surface area contributed by atoms with E-state index in [0.717, 1.165) is 33.4 Å². The molecule has 7 heteroatoms. The van der Waals surface area contributed by atoms with E-state index in [1.807, 2.05) is 19.1 Å². The number of benzene rings is 2. The van der Waals surface area contributed by atoms with Crippen molar-refractivity contribution >= 4 is 11.9 Å². The van der Waals surface area contributed by atoms with E-state index in [2.05, 4.69) is 115 Å². The lowest BCUT2D eigenvalue weighted by atomic mass is 9.76. The molecule has 1 fully saturated rings. The Labute approximate surface area is 315 Å². The molecule has 3 rings (SSSR count). The smallest absolute Gasteiger partial charge is 0.306 e. The Kier molecular flexibility index (Phi) is 13.1. The summed E-state index contributed by atoms with van der Waals surface area (Å²) in [7, 11) is 0. The summed E-state index contributed by atoms with van der Waals surface area (Å²) in [6.07, 6.45) is 2.62. The Morgan fingerprint density at radius 3 is 1.71 bits per heavy atom. The van der Waals surface area contributed by atoms with Crippen molar-refractivity contribution in [3.63, 3.8) is 0 Å². The highest BCUT2D eigenvalue weighted by Crippen LogP contribution is 2.42. The van der Waals surface area contributed by atoms with Gasteiger partial charge in [0.05, 0.1) is 0 Å². The van der Waals surface area contributed by atoms with Crippen LogP contribution in [0.3, 0.4) is 0 Å². The summed E-state index contributed by atoms with van der Waals surface area (Å²) < 4.78 is 11.8. The van der Waals surface area contributed by atoms with Gasteiger partial charge >= 0.3 is 11.9 Å². The van der Waals surface area contributed by atoms with Crippen LogP contribution in [0, 0.1) is 6.92 Å². The number of esters is 2. The zero-order valence-electron chi connectivity index (χ0n) is 35.5. The number of aromatic hydroxyl groups is 2. The van der Waals surface area contributed by atoms with Crippen LogP contribution in [0.4, 0.5) is 0 Å². The van der Waals surface area contributed by atoms with E-state index in [9.17, 15) is 19.8 Å². The number of carbonyl (C=O) groups is 2. The summed E-state index contributed by atoms with van der Waals surface area (Å²) >= 11 is 0. The van der Waals surface area contributed by atoms with E-state index in [0.29, 0.717) is 50.3 Å². The van der Waals surface area contributed by atoms with E-state index in [4.69, 9.17) is 9.47 Å². The van der Waals surface area contributed by atoms with Gasteiger partial charge < -0.3 is 19.7 Å². The van der Waals surface area contributed by atoms with Crippen molar-refractivity contribution in [3.05, 3.63) is 57.1 Å². The molecule has 2 atom stereocenters. The van der Waals surface area contributed by atoms with Gasteiger partial charge in [0, 0.05) is 37.4 Å². The molecule has 0 spiro atoms. The number of piperidine rings is 1. The molecule has 52 heavy (non-hydrogen) atoms. The summed E-state index contributed by atoms with van der Waals surface area (Å²) in [5.74, 6) is 0.152. The van der Waals surface area contributed by atoms with Gasteiger partial charge in [-0.25, -0.2) is 0 Å². The van der Waals surface area contributed by atoms with Crippen LogP contribution >= 0.6 is 0 Å². The van der Waals surface area contributed by atoms with Gasteiger partial charge in [-0.3, -0.25) is 14.5 Å². The minimum absolute atomic E-state index is 0.0954. The minimum Gasteiger partial charge on any atom is -0.507 e. The normalized spacial score (nSPS) is 18.7. The van der Waals surface area contributed by atoms with Gasteiger partial charge in [0.2, 0.25) is 0 Å². The molecule has 0 bridgehead atoms. The number of nitrogens with zero attached hydrogens (tertiary/aromatic N) is 1. The summed E-state index contributed by atoms with van der Waals surface area (Å²) in [6.45, 7) is 34.8. The summed E-state index contributed by atoms with van der Waals surface area (Å²) in [6, 6.07) is 6.31. The third-order valence-electron chi connectivity index (χ3n) is 10.8. The Hall–Kier alpha value is -3.06. The average molecular weight is 722 g/mol. The fourth-order valence-electron chi connectivity index (χ4n) is 7.99. The number of hydrogen-bond acceptors (Lipinski definition) is 7. The van der Waals surface area contributed by atoms with Crippen LogP contribution in [0.5, 0.6) is 11.5 Å². The summed E-state index contributed by atoms with van der Waals surface area (Å²) in [5.41, 5.74) is 5.73. The van der Waals surface area contributed by atoms with Crippen LogP contribution < -0.4 is 0 Å². The monoisotopic (exact) mass is 722 g/mol. The number of phenolic OH excluding ortho intramolecular Hbond substituents is 2. The van der Waals surface area contributed by atoms with Crippen LogP contribution in [-0.4, -0.2) is 57.9 Å². The van der Waals surface area contributed by atoms with Gasteiger partial charge in [-0.15, -0.1) is 0 Å². The van der Waals surface area contributed by atoms with Crippen LogP contribution in [0.15, 0.2) is 18.2 Å². The SMILES string of the molecule is Cc1c(C(C)(C)C)cc(C(C)(C)C)c(O)c1CCC(=O)OC1CC(C)N(CCOC(=O)CCc2cc(C(C)(C)C)c(O)c(C(C)(C)C)c2)C(C)(C)C1. The highest BCUT2D eigenvalue weighted by atomic mass is 16.5. The number of aryl methyl sites for hydroxylation is 1. The fraction of sp³-hybridized carbons (Fsp3) is 0.689. The first-order chi connectivity index (χ1) is 23.5. The third kappa shape index (κ3) is 10.8. The number of phenols is 2. The molecule has 2 aromatic carbocycles. The Morgan fingerprint density at radius 1 is 0.750 bits per heavy atom. The topological polar surface area (TPSA) is 96.3 Å². The van der Waals surface area contributed by atoms with Crippen LogP contribution in [0.1, 0.15) is 168 Å². The second kappa shape index (κ2) is 15.7. The van der Waals surface area contributed by atoms with Crippen LogP contribution in [0.2, 0.25) is 0 Å². The quantitative estimate of drug-likeness (QED) is 0.236. The van der Waals surface area contributed by atoms with Gasteiger partial charge in [0.1, 0.15) is 24.2 Å². The number of rotatable bonds is 10. The first-order valence-corrected chi connectivity index (χ1v) is 19.4. The Balaban J connectivity index is 1.57. The zero-order chi connectivity index (χ0) is 39.8. The maximum absolute atomic E-state index is 13.2. The molecule has 0 radical (unpaired) electrons. The molecule has 1 aliphatic heterocycles. The predicted octanol–water partition coefficient (Wildman–Crippen LogP) is 9.88. The molecule has 2 N–H and O–H groups in total. The predicted molar refractivity (Wildman–Crippen MR) is 213 cm³/mol. The minimum atomic E-state index is -0.259. The average Bonchev–Trinajstić information content (AvgIpc) is 2.95. The number of carbonyl (C=O) groups excluding carboxylic acids is 2. The van der Waals surface area contributed by atoms with Gasteiger partial charge in [-0.1, -0.05) is 101 Å². The van der Waals surface area contributed by atoms with Crippen molar-refractivity contribution in [2.75, 3.05) is 13.2 Å². The molecule has 0 aliphatic carbocycles. The van der Waals surface area contributed by atoms with Crippen molar-refractivity contribution in [1.82, 2.24) is 4.90 Å². The maximum Gasteiger partial charge on any atom is 0.306 e. The molecular weight excluding hydrogens is 650 g/mol. The third-order valence-corrected chi connectivity index (χ3v) is 10.8. The Morgan fingerprint density at radius 2 is 1.23 bits per heavy atom. The molecule has 0 aromatic heterocycles. The molecule has 1 heterocycles. The van der Waals surface area contributed by atoms with E-state index in [1.165, 1.54) is 5.56 Å². The Bertz CT molecular complexity index is 1520. The van der Waals surface area contributed by atoms with Crippen molar-refractivity contribution in [3.8, 4) is 11.5 Å². The molecule has 0 saturated carbocycles. The maximum atomic E-state index is 13.2. The van der Waals surface area contributed by atoms with Gasteiger partial charge in [0.25, 0.3) is 0 Å². The summed E-state index contributed by atoms with van der Waals surface area (Å²) in [4.78, 5) is 28.5. The lowest BCUT2D eigenvalue weighted by Gasteiger charge is -2.49. The van der Waals surface area contributed by atoms with E-state index < -0.39 is 0 Å². The van der Waals surface area contributed by atoms with Gasteiger partial charge in [-0.05, 0) is 108 Å². The fourth-order valence-corrected chi connectivity index (χ4v) is 7.99. The number of likely N-dealkylation sites (tertiary alicyclic amines) is 1. The molecule has 292 valence electrons.